The Kier molecular flexibility index (Phi) is 4.30. The van der Waals surface area contributed by atoms with Gasteiger partial charge in [0.1, 0.15) is 0 Å². The van der Waals surface area contributed by atoms with E-state index in [9.17, 15) is 0 Å². The van der Waals surface area contributed by atoms with E-state index >= 15 is 0 Å². The molecule has 0 aliphatic carbocycles. The normalized spacial score (nSPS) is 18.6. The molecule has 140 valence electrons. The summed E-state index contributed by atoms with van der Waals surface area (Å²) in [5, 5.41) is 5.91. The minimum Gasteiger partial charge on any atom is -0.370 e. The number of nitrogen functional groups attached to an aromatic ring is 1. The Balaban J connectivity index is 1.72. The number of nitrogens with two attached hydrogens (primary N) is 3. The molecule has 10 heteroatoms. The predicted octanol–water partition coefficient (Wildman–Crippen LogP) is 0.631. The molecule has 2 aromatic carbocycles. The molecule has 1 aliphatic heterocycles. The number of guanidine groups is 1. The molecule has 0 saturated heterocycles. The van der Waals surface area contributed by atoms with Crippen molar-refractivity contribution >= 4 is 29.4 Å². The fraction of sp³-hybridized carbons (Fsp3) is 0.0556. The Hall–Kier alpha value is -4.05. The highest BCUT2D eigenvalue weighted by Gasteiger charge is 2.32. The Labute approximate surface area is 160 Å². The van der Waals surface area contributed by atoms with Gasteiger partial charge in [0.15, 0.2) is 11.8 Å². The molecular formula is C18H18N10. The fourth-order valence-corrected chi connectivity index (χ4v) is 2.68. The topological polar surface area (TPSA) is 166 Å². The largest absolute Gasteiger partial charge is 0.370 e. The Bertz CT molecular complexity index is 1050. The number of aliphatic imine (C=N–C) groups is 2. The average molecular weight is 374 g/mol. The maximum Gasteiger partial charge on any atom is 0.234 e. The molecule has 0 amide bonds. The summed E-state index contributed by atoms with van der Waals surface area (Å²) in [5.41, 5.74) is 19.6. The number of anilines is 3. The third-order valence-corrected chi connectivity index (χ3v) is 3.91. The van der Waals surface area contributed by atoms with Crippen LogP contribution in [0.25, 0.3) is 0 Å². The summed E-state index contributed by atoms with van der Waals surface area (Å²) >= 11 is 0. The third kappa shape index (κ3) is 3.57. The van der Waals surface area contributed by atoms with Crippen molar-refractivity contribution in [1.82, 2.24) is 20.3 Å². The van der Waals surface area contributed by atoms with E-state index in [4.69, 9.17) is 17.2 Å². The van der Waals surface area contributed by atoms with E-state index in [1.807, 2.05) is 60.7 Å². The lowest BCUT2D eigenvalue weighted by Crippen LogP contribution is -2.49. The number of para-hydroxylation sites is 1. The maximum absolute atomic E-state index is 6.39. The number of benzene rings is 2. The van der Waals surface area contributed by atoms with Crippen molar-refractivity contribution < 1.29 is 0 Å². The highest BCUT2D eigenvalue weighted by atomic mass is 15.3. The Morgan fingerprint density at radius 1 is 0.821 bits per heavy atom. The first-order chi connectivity index (χ1) is 13.5. The number of nitrogens with zero attached hydrogens (tertiary/aromatic N) is 5. The number of rotatable bonds is 4. The standard InChI is InChI=1S/C18H18N10/c19-15-23-13(25-17(26-15)22-12-9-5-2-6-10-12)14-24-16(20)28-18(21,27-14)11-7-3-1-4-8-11/h1-10H,21H2,(H3,20,24,27,28)(H3,19,22,23,25,26). The van der Waals surface area contributed by atoms with Crippen molar-refractivity contribution in [3.8, 4) is 0 Å². The zero-order valence-electron chi connectivity index (χ0n) is 14.7. The average Bonchev–Trinajstić information content (AvgIpc) is 2.68. The second-order valence-corrected chi connectivity index (χ2v) is 6.01. The molecule has 4 rings (SSSR count). The van der Waals surface area contributed by atoms with Crippen molar-refractivity contribution in [3.63, 3.8) is 0 Å². The van der Waals surface area contributed by atoms with E-state index in [0.717, 1.165) is 5.69 Å². The van der Waals surface area contributed by atoms with Gasteiger partial charge in [0.05, 0.1) is 0 Å². The minimum absolute atomic E-state index is 0.0244. The molecule has 1 aliphatic rings. The van der Waals surface area contributed by atoms with Gasteiger partial charge in [-0.2, -0.15) is 15.0 Å². The molecule has 2 heterocycles. The first-order valence-electron chi connectivity index (χ1n) is 8.42. The van der Waals surface area contributed by atoms with Crippen molar-refractivity contribution in [3.05, 3.63) is 72.1 Å². The Morgan fingerprint density at radius 2 is 1.50 bits per heavy atom. The molecule has 8 N–H and O–H groups in total. The molecular weight excluding hydrogens is 356 g/mol. The quantitative estimate of drug-likeness (QED) is 0.443. The molecule has 0 spiro atoms. The summed E-state index contributed by atoms with van der Waals surface area (Å²) in [7, 11) is 0. The van der Waals surface area contributed by atoms with Gasteiger partial charge in [-0.1, -0.05) is 48.5 Å². The van der Waals surface area contributed by atoms with Crippen molar-refractivity contribution in [2.75, 3.05) is 11.1 Å². The van der Waals surface area contributed by atoms with Gasteiger partial charge < -0.3 is 22.1 Å². The van der Waals surface area contributed by atoms with Gasteiger partial charge in [0, 0.05) is 11.3 Å². The van der Waals surface area contributed by atoms with Gasteiger partial charge in [-0.3, -0.25) is 5.73 Å². The van der Waals surface area contributed by atoms with Gasteiger partial charge in [0.2, 0.25) is 23.5 Å². The SMILES string of the molecule is NC1=NC(N)(c2ccccc2)N=C(c2nc(N)nc(Nc3ccccc3)n2)N1. The molecule has 28 heavy (non-hydrogen) atoms. The maximum atomic E-state index is 6.39. The van der Waals surface area contributed by atoms with Crippen LogP contribution in [0.2, 0.25) is 0 Å². The monoisotopic (exact) mass is 374 g/mol. The summed E-state index contributed by atoms with van der Waals surface area (Å²) in [6, 6.07) is 18.6. The smallest absolute Gasteiger partial charge is 0.234 e. The summed E-state index contributed by atoms with van der Waals surface area (Å²) in [6.07, 6.45) is 0. The van der Waals surface area contributed by atoms with Gasteiger partial charge in [-0.05, 0) is 12.1 Å². The Morgan fingerprint density at radius 3 is 2.21 bits per heavy atom. The second-order valence-electron chi connectivity index (χ2n) is 6.01. The highest BCUT2D eigenvalue weighted by molar-refractivity contribution is 6.08. The van der Waals surface area contributed by atoms with Gasteiger partial charge in [-0.15, -0.1) is 0 Å². The predicted molar refractivity (Wildman–Crippen MR) is 108 cm³/mol. The first-order valence-corrected chi connectivity index (χ1v) is 8.42. The molecule has 0 fully saturated rings. The summed E-state index contributed by atoms with van der Waals surface area (Å²) in [4.78, 5) is 21.3. The van der Waals surface area contributed by atoms with E-state index < -0.39 is 5.79 Å². The van der Waals surface area contributed by atoms with Crippen LogP contribution in [0, 0.1) is 0 Å². The van der Waals surface area contributed by atoms with Crippen LogP contribution in [-0.4, -0.2) is 26.7 Å². The molecule has 1 unspecified atom stereocenters. The van der Waals surface area contributed by atoms with Gasteiger partial charge in [-0.25, -0.2) is 9.98 Å². The number of amidine groups is 1. The van der Waals surface area contributed by atoms with E-state index in [0.29, 0.717) is 5.56 Å². The minimum atomic E-state index is -1.40. The molecule has 1 atom stereocenters. The highest BCUT2D eigenvalue weighted by Crippen LogP contribution is 2.24. The molecule has 3 aromatic rings. The van der Waals surface area contributed by atoms with Crippen molar-refractivity contribution in [2.45, 2.75) is 5.79 Å². The zero-order valence-corrected chi connectivity index (χ0v) is 14.7. The van der Waals surface area contributed by atoms with Crippen molar-refractivity contribution in [2.24, 2.45) is 21.5 Å². The van der Waals surface area contributed by atoms with Crippen LogP contribution in [-0.2, 0) is 5.79 Å². The van der Waals surface area contributed by atoms with Crippen LogP contribution < -0.4 is 27.8 Å². The van der Waals surface area contributed by atoms with Crippen molar-refractivity contribution in [1.29, 1.82) is 0 Å². The van der Waals surface area contributed by atoms with E-state index in [1.165, 1.54) is 0 Å². The molecule has 0 bridgehead atoms. The number of hydrogen-bond donors (Lipinski definition) is 5. The molecule has 0 radical (unpaired) electrons. The number of nitrogens with one attached hydrogen (secondary N) is 2. The van der Waals surface area contributed by atoms with Crippen LogP contribution >= 0.6 is 0 Å². The van der Waals surface area contributed by atoms with E-state index in [2.05, 4.69) is 35.6 Å². The van der Waals surface area contributed by atoms with Crippen LogP contribution in [0.1, 0.15) is 11.4 Å². The van der Waals surface area contributed by atoms with Crippen LogP contribution in [0.3, 0.4) is 0 Å². The molecule has 0 saturated carbocycles. The van der Waals surface area contributed by atoms with Crippen LogP contribution in [0.4, 0.5) is 17.6 Å². The lowest BCUT2D eigenvalue weighted by molar-refractivity contribution is 0.485. The molecule has 1 aromatic heterocycles. The lowest BCUT2D eigenvalue weighted by atomic mass is 10.1. The first kappa shape index (κ1) is 17.4. The summed E-state index contributed by atoms with van der Waals surface area (Å²) < 4.78 is 0. The van der Waals surface area contributed by atoms with Crippen LogP contribution in [0.15, 0.2) is 70.6 Å². The van der Waals surface area contributed by atoms with E-state index in [1.54, 1.807) is 0 Å². The third-order valence-electron chi connectivity index (χ3n) is 3.91. The van der Waals surface area contributed by atoms with Gasteiger partial charge >= 0.3 is 0 Å². The summed E-state index contributed by atoms with van der Waals surface area (Å²) in [6.45, 7) is 0. The lowest BCUT2D eigenvalue weighted by Gasteiger charge is -2.27. The molecule has 10 nitrogen and oxygen atoms in total. The second kappa shape index (κ2) is 6.93. The number of aromatic nitrogens is 3. The zero-order chi connectivity index (χ0) is 19.6. The van der Waals surface area contributed by atoms with E-state index in [-0.39, 0.29) is 29.5 Å². The van der Waals surface area contributed by atoms with Crippen LogP contribution in [0.5, 0.6) is 0 Å². The number of hydrogen-bond acceptors (Lipinski definition) is 10. The fourth-order valence-electron chi connectivity index (χ4n) is 2.68. The summed E-state index contributed by atoms with van der Waals surface area (Å²) in [5.74, 6) is -0.593. The van der Waals surface area contributed by atoms with Gasteiger partial charge in [0.25, 0.3) is 0 Å².